The van der Waals surface area contributed by atoms with Gasteiger partial charge in [0.1, 0.15) is 11.6 Å². The number of aromatic hydroxyl groups is 1. The number of ketones is 1. The highest BCUT2D eigenvalue weighted by Gasteiger charge is 2.70. The van der Waals surface area contributed by atoms with Crippen LogP contribution in [0.25, 0.3) is 0 Å². The molecular weight excluding hydrogens is 733 g/mol. The molecule has 0 bridgehead atoms. The van der Waals surface area contributed by atoms with Gasteiger partial charge in [-0.2, -0.15) is 5.01 Å². The summed E-state index contributed by atoms with van der Waals surface area (Å²) in [5.41, 5.74) is 4.72. The lowest BCUT2D eigenvalue weighted by atomic mass is 9.49. The summed E-state index contributed by atoms with van der Waals surface area (Å²) >= 11 is 6.36. The molecule has 5 aromatic rings. The van der Waals surface area contributed by atoms with Crippen molar-refractivity contribution in [2.75, 3.05) is 10.3 Å². The number of fused-ring (bicyclic) bond motifs is 4. The third-order valence-corrected chi connectivity index (χ3v) is 12.1. The second-order valence-electron chi connectivity index (χ2n) is 14.7. The number of hydrogen-bond acceptors (Lipinski definition) is 7. The van der Waals surface area contributed by atoms with Crippen LogP contribution in [-0.2, 0) is 24.6 Å². The molecule has 1 saturated carbocycles. The number of rotatable bonds is 7. The highest BCUT2D eigenvalue weighted by molar-refractivity contribution is 6.30. The number of nitrogens with one attached hydrogen (secondary N) is 1. The lowest BCUT2D eigenvalue weighted by Crippen LogP contribution is -2.53. The van der Waals surface area contributed by atoms with Crippen LogP contribution in [0, 0.1) is 29.5 Å². The molecule has 9 nitrogen and oxygen atoms in total. The minimum Gasteiger partial charge on any atom is -0.508 e. The third-order valence-electron chi connectivity index (χ3n) is 11.9. The fourth-order valence-electron chi connectivity index (χ4n) is 9.51. The maximum absolute atomic E-state index is 15.2. The number of carbonyl (C=O) groups is 5. The van der Waals surface area contributed by atoms with Crippen molar-refractivity contribution in [3.63, 3.8) is 0 Å². The molecule has 0 aromatic heterocycles. The molecule has 5 aromatic carbocycles. The Bertz CT molecular complexity index is 2470. The molecule has 0 spiro atoms. The van der Waals surface area contributed by atoms with Crippen molar-refractivity contribution in [1.82, 2.24) is 5.01 Å². The van der Waals surface area contributed by atoms with E-state index in [1.54, 1.807) is 91.0 Å². The highest BCUT2D eigenvalue weighted by atomic mass is 35.5. The molecule has 56 heavy (non-hydrogen) atoms. The van der Waals surface area contributed by atoms with Gasteiger partial charge in [-0.1, -0.05) is 77.8 Å². The quantitative estimate of drug-likeness (QED) is 0.0994. The van der Waals surface area contributed by atoms with Crippen LogP contribution in [0.1, 0.15) is 45.8 Å². The predicted octanol–water partition coefficient (Wildman–Crippen LogP) is 7.61. The molecule has 2 heterocycles. The molecule has 3 fully saturated rings. The molecule has 11 heteroatoms. The molecule has 0 radical (unpaired) electrons. The largest absolute Gasteiger partial charge is 0.508 e. The lowest BCUT2D eigenvalue weighted by molar-refractivity contribution is -0.138. The monoisotopic (exact) mass is 765 g/mol. The van der Waals surface area contributed by atoms with Crippen LogP contribution < -0.4 is 10.3 Å². The van der Waals surface area contributed by atoms with E-state index in [2.05, 4.69) is 5.43 Å². The van der Waals surface area contributed by atoms with Crippen molar-refractivity contribution in [3.05, 3.63) is 172 Å². The normalized spacial score (nSPS) is 25.4. The standard InChI is InChI=1S/C45H33ClFN3O6/c46-29-13-11-28(12-14-29)45-37(42(54)50(44(45)56)48-31-17-15-30(47)16-18-31)24-36-34(39(45)27-7-4-8-33(51)23-27)21-22-35-38(36)43(55)49(41(35)53)32-19-9-26(10-20-32)40(52)25-5-2-1-3-6-25/h1-21,23,35-39,48,51H,22,24H2. The number of hydrogen-bond donors (Lipinski definition) is 2. The van der Waals surface area contributed by atoms with Crippen molar-refractivity contribution >= 4 is 52.4 Å². The summed E-state index contributed by atoms with van der Waals surface area (Å²) in [7, 11) is 0. The van der Waals surface area contributed by atoms with E-state index in [1.165, 1.54) is 35.2 Å². The van der Waals surface area contributed by atoms with Crippen LogP contribution in [0.5, 0.6) is 5.75 Å². The Labute approximate surface area is 326 Å². The van der Waals surface area contributed by atoms with Crippen LogP contribution >= 0.6 is 11.6 Å². The smallest absolute Gasteiger partial charge is 0.260 e. The van der Waals surface area contributed by atoms with E-state index in [1.807, 2.05) is 12.1 Å². The van der Waals surface area contributed by atoms with Gasteiger partial charge in [-0.25, -0.2) is 4.39 Å². The average molecular weight is 766 g/mol. The van der Waals surface area contributed by atoms with E-state index >= 15 is 4.79 Å². The number of amides is 4. The summed E-state index contributed by atoms with van der Waals surface area (Å²) in [6.45, 7) is 0. The number of phenolic OH excluding ortho intramolecular Hbond substituents is 1. The van der Waals surface area contributed by atoms with Gasteiger partial charge in [-0.3, -0.25) is 34.3 Å². The summed E-state index contributed by atoms with van der Waals surface area (Å²) in [4.78, 5) is 73.1. The number of hydrazine groups is 1. The molecule has 2 aliphatic carbocycles. The van der Waals surface area contributed by atoms with Gasteiger partial charge < -0.3 is 5.11 Å². The van der Waals surface area contributed by atoms with Crippen LogP contribution in [0.2, 0.25) is 5.02 Å². The second-order valence-corrected chi connectivity index (χ2v) is 15.2. The first-order chi connectivity index (χ1) is 27.1. The van der Waals surface area contributed by atoms with Gasteiger partial charge in [0, 0.05) is 22.1 Å². The Morgan fingerprint density at radius 1 is 0.768 bits per heavy atom. The summed E-state index contributed by atoms with van der Waals surface area (Å²) in [5.74, 6) is -6.73. The molecule has 6 atom stereocenters. The predicted molar refractivity (Wildman–Crippen MR) is 206 cm³/mol. The summed E-state index contributed by atoms with van der Waals surface area (Å²) in [6, 6.07) is 33.8. The molecule has 278 valence electrons. The van der Waals surface area contributed by atoms with E-state index in [0.29, 0.717) is 38.7 Å². The molecule has 9 rings (SSSR count). The molecule has 4 aliphatic rings. The molecular formula is C45H33ClFN3O6. The fraction of sp³-hybridized carbons (Fsp3) is 0.178. The summed E-state index contributed by atoms with van der Waals surface area (Å²) in [6.07, 6.45) is 2.20. The van der Waals surface area contributed by atoms with Gasteiger partial charge in [0.05, 0.1) is 34.5 Å². The zero-order valence-electron chi connectivity index (χ0n) is 29.6. The number of nitrogens with zero attached hydrogens (tertiary/aromatic N) is 2. The Morgan fingerprint density at radius 2 is 1.46 bits per heavy atom. The van der Waals surface area contributed by atoms with Crippen LogP contribution in [0.15, 0.2) is 139 Å². The van der Waals surface area contributed by atoms with E-state index in [4.69, 9.17) is 11.6 Å². The first-order valence-electron chi connectivity index (χ1n) is 18.3. The fourth-order valence-corrected chi connectivity index (χ4v) is 9.63. The maximum atomic E-state index is 15.2. The van der Waals surface area contributed by atoms with Crippen molar-refractivity contribution in [1.29, 1.82) is 0 Å². The van der Waals surface area contributed by atoms with Crippen molar-refractivity contribution in [2.45, 2.75) is 24.2 Å². The Kier molecular flexibility index (Phi) is 8.46. The molecule has 2 aliphatic heterocycles. The third kappa shape index (κ3) is 5.38. The van der Waals surface area contributed by atoms with Gasteiger partial charge in [0.2, 0.25) is 11.8 Å². The van der Waals surface area contributed by atoms with Crippen molar-refractivity contribution in [2.24, 2.45) is 23.7 Å². The maximum Gasteiger partial charge on any atom is 0.260 e. The number of imide groups is 2. The van der Waals surface area contributed by atoms with Crippen LogP contribution in [0.4, 0.5) is 15.8 Å². The van der Waals surface area contributed by atoms with Crippen molar-refractivity contribution in [3.8, 4) is 5.75 Å². The first kappa shape index (κ1) is 35.3. The van der Waals surface area contributed by atoms with Crippen molar-refractivity contribution < 1.29 is 33.5 Å². The first-order valence-corrected chi connectivity index (χ1v) is 18.7. The number of allylic oxidation sites excluding steroid dienone is 2. The van der Waals surface area contributed by atoms with Gasteiger partial charge in [-0.15, -0.1) is 0 Å². The number of carbonyl (C=O) groups excluding carboxylic acids is 5. The van der Waals surface area contributed by atoms with E-state index in [0.717, 1.165) is 10.6 Å². The summed E-state index contributed by atoms with van der Waals surface area (Å²) in [5, 5.41) is 12.2. The minimum atomic E-state index is -1.57. The minimum absolute atomic E-state index is 0.0488. The van der Waals surface area contributed by atoms with E-state index in [-0.39, 0.29) is 30.3 Å². The molecule has 2 N–H and O–H groups in total. The SMILES string of the molecule is O=C(c1ccccc1)c1ccc(N2C(=O)C3CC=C4C(CC5C(=O)N(Nc6ccc(F)cc6)C(=O)C5(c5ccc(Cl)cc5)C4c4cccc(O)c4)C3C2=O)cc1. The Balaban J connectivity index is 1.15. The summed E-state index contributed by atoms with van der Waals surface area (Å²) < 4.78 is 13.9. The number of phenols is 1. The average Bonchev–Trinajstić information content (AvgIpc) is 3.59. The lowest BCUT2D eigenvalue weighted by Gasteiger charge is -2.50. The van der Waals surface area contributed by atoms with Gasteiger partial charge in [0.25, 0.3) is 11.8 Å². The molecule has 2 saturated heterocycles. The second kappa shape index (κ2) is 13.4. The number of benzene rings is 5. The topological polar surface area (TPSA) is 124 Å². The highest BCUT2D eigenvalue weighted by Crippen LogP contribution is 2.64. The van der Waals surface area contributed by atoms with Gasteiger partial charge >= 0.3 is 0 Å². The molecule has 4 amide bonds. The van der Waals surface area contributed by atoms with Crippen LogP contribution in [-0.4, -0.2) is 39.5 Å². The zero-order chi connectivity index (χ0) is 38.9. The van der Waals surface area contributed by atoms with Gasteiger partial charge in [-0.05, 0) is 103 Å². The van der Waals surface area contributed by atoms with E-state index < -0.39 is 58.5 Å². The molecule has 6 unspecified atom stereocenters. The van der Waals surface area contributed by atoms with Gasteiger partial charge in [0.15, 0.2) is 5.78 Å². The Hall–Kier alpha value is -6.39. The van der Waals surface area contributed by atoms with E-state index in [9.17, 15) is 28.7 Å². The van der Waals surface area contributed by atoms with Crippen LogP contribution in [0.3, 0.4) is 0 Å². The number of halogens is 2. The zero-order valence-corrected chi connectivity index (χ0v) is 30.4. The Morgan fingerprint density at radius 3 is 2.16 bits per heavy atom. The number of anilines is 2.